The molecule has 2 atom stereocenters. The second kappa shape index (κ2) is 6.86. The quantitative estimate of drug-likeness (QED) is 0.757. The Balaban J connectivity index is 2.65. The molecule has 0 bridgehead atoms. The summed E-state index contributed by atoms with van der Waals surface area (Å²) in [5, 5.41) is 5.87. The van der Waals surface area contributed by atoms with Gasteiger partial charge in [0.25, 0.3) is 0 Å². The van der Waals surface area contributed by atoms with Gasteiger partial charge in [-0.2, -0.15) is 0 Å². The summed E-state index contributed by atoms with van der Waals surface area (Å²) in [5.41, 5.74) is 1.46. The van der Waals surface area contributed by atoms with Gasteiger partial charge in [-0.3, -0.25) is 0 Å². The molecule has 0 saturated heterocycles. The molecule has 0 aromatic carbocycles. The highest BCUT2D eigenvalue weighted by Crippen LogP contribution is 2.27. The van der Waals surface area contributed by atoms with Crippen molar-refractivity contribution in [3.63, 3.8) is 0 Å². The summed E-state index contributed by atoms with van der Waals surface area (Å²) in [6.07, 6.45) is 2.51. The van der Waals surface area contributed by atoms with Crippen molar-refractivity contribution >= 4 is 33.9 Å². The number of hydrogen-bond acceptors (Lipinski definition) is 2. The van der Waals surface area contributed by atoms with Gasteiger partial charge >= 0.3 is 0 Å². The molecule has 1 rings (SSSR count). The minimum atomic E-state index is 0.546. The molecule has 3 heteroatoms. The number of nitrogens with one attached hydrogen (secondary N) is 1. The van der Waals surface area contributed by atoms with Crippen LogP contribution in [0.25, 0.3) is 0 Å². The van der Waals surface area contributed by atoms with E-state index in [1.165, 1.54) is 21.3 Å². The van der Waals surface area contributed by atoms with Gasteiger partial charge in [0, 0.05) is 6.04 Å². The third-order valence-corrected chi connectivity index (χ3v) is 4.58. The van der Waals surface area contributed by atoms with Crippen LogP contribution in [-0.4, -0.2) is 6.54 Å². The van der Waals surface area contributed by atoms with E-state index in [4.69, 9.17) is 0 Å². The van der Waals surface area contributed by atoms with Crippen LogP contribution >= 0.6 is 33.9 Å². The SMILES string of the molecule is CCNC(CC(C)CC)c1csc(I)c1. The topological polar surface area (TPSA) is 12.0 Å². The van der Waals surface area contributed by atoms with E-state index < -0.39 is 0 Å². The molecule has 0 aliphatic heterocycles. The van der Waals surface area contributed by atoms with Crippen LogP contribution in [0.3, 0.4) is 0 Å². The lowest BCUT2D eigenvalue weighted by molar-refractivity contribution is 0.409. The van der Waals surface area contributed by atoms with E-state index in [1.54, 1.807) is 0 Å². The molecule has 1 heterocycles. The van der Waals surface area contributed by atoms with Crippen LogP contribution < -0.4 is 5.32 Å². The fourth-order valence-electron chi connectivity index (χ4n) is 1.66. The lowest BCUT2D eigenvalue weighted by Crippen LogP contribution is -2.22. The summed E-state index contributed by atoms with van der Waals surface area (Å²) in [5.74, 6) is 0.798. The van der Waals surface area contributed by atoms with E-state index in [0.29, 0.717) is 6.04 Å². The molecule has 0 aliphatic carbocycles. The molecule has 15 heavy (non-hydrogen) atoms. The molecule has 0 spiro atoms. The molecule has 86 valence electrons. The number of thiophene rings is 1. The maximum Gasteiger partial charge on any atom is 0.0656 e. The van der Waals surface area contributed by atoms with Gasteiger partial charge in [0.2, 0.25) is 0 Å². The van der Waals surface area contributed by atoms with Gasteiger partial charge in [-0.15, -0.1) is 11.3 Å². The van der Waals surface area contributed by atoms with Gasteiger partial charge in [-0.1, -0.05) is 27.2 Å². The predicted molar refractivity (Wildman–Crippen MR) is 77.5 cm³/mol. The summed E-state index contributed by atoms with van der Waals surface area (Å²) in [4.78, 5) is 0. The van der Waals surface area contributed by atoms with Crippen LogP contribution in [0.15, 0.2) is 11.4 Å². The molecule has 1 aromatic heterocycles. The van der Waals surface area contributed by atoms with E-state index in [2.05, 4.69) is 60.1 Å². The summed E-state index contributed by atoms with van der Waals surface area (Å²) < 4.78 is 1.38. The lowest BCUT2D eigenvalue weighted by atomic mass is 9.96. The maximum atomic E-state index is 3.58. The molecule has 0 fully saturated rings. The number of rotatable bonds is 6. The van der Waals surface area contributed by atoms with Crippen LogP contribution in [0.5, 0.6) is 0 Å². The van der Waals surface area contributed by atoms with Crippen LogP contribution in [0.2, 0.25) is 0 Å². The van der Waals surface area contributed by atoms with Crippen molar-refractivity contribution in [2.24, 2.45) is 5.92 Å². The maximum absolute atomic E-state index is 3.58. The van der Waals surface area contributed by atoms with Gasteiger partial charge in [0.15, 0.2) is 0 Å². The Kier molecular flexibility index (Phi) is 6.16. The van der Waals surface area contributed by atoms with Crippen LogP contribution in [0.4, 0.5) is 0 Å². The third-order valence-electron chi connectivity index (χ3n) is 2.78. The second-order valence-corrected chi connectivity index (χ2v) is 6.85. The largest absolute Gasteiger partial charge is 0.310 e. The highest BCUT2D eigenvalue weighted by Gasteiger charge is 2.14. The van der Waals surface area contributed by atoms with E-state index in [-0.39, 0.29) is 0 Å². The molecule has 1 aromatic rings. The average molecular weight is 337 g/mol. The Morgan fingerprint density at radius 1 is 1.47 bits per heavy atom. The fourth-order valence-corrected chi connectivity index (χ4v) is 3.08. The van der Waals surface area contributed by atoms with E-state index in [9.17, 15) is 0 Å². The van der Waals surface area contributed by atoms with Gasteiger partial charge < -0.3 is 5.32 Å². The zero-order chi connectivity index (χ0) is 11.3. The zero-order valence-corrected chi connectivity index (χ0v) is 12.7. The first-order valence-corrected chi connectivity index (χ1v) is 7.60. The molecular formula is C12H20INS. The van der Waals surface area contributed by atoms with Gasteiger partial charge in [-0.05, 0) is 58.5 Å². The van der Waals surface area contributed by atoms with Crippen molar-refractivity contribution in [3.05, 3.63) is 19.9 Å². The van der Waals surface area contributed by atoms with Crippen molar-refractivity contribution in [3.8, 4) is 0 Å². The second-order valence-electron chi connectivity index (χ2n) is 4.04. The molecular weight excluding hydrogens is 317 g/mol. The number of halogens is 1. The van der Waals surface area contributed by atoms with Crippen LogP contribution in [0.1, 0.15) is 45.2 Å². The molecule has 1 N–H and O–H groups in total. The standard InChI is InChI=1S/C12H20INS/c1-4-9(3)6-11(14-5-2)10-7-12(13)15-8-10/h7-9,11,14H,4-6H2,1-3H3. The Morgan fingerprint density at radius 2 is 2.20 bits per heavy atom. The third kappa shape index (κ3) is 4.41. The normalized spacial score (nSPS) is 15.2. The fraction of sp³-hybridized carbons (Fsp3) is 0.667. The minimum absolute atomic E-state index is 0.546. The van der Waals surface area contributed by atoms with Gasteiger partial charge in [0.1, 0.15) is 0 Å². The summed E-state index contributed by atoms with van der Waals surface area (Å²) >= 11 is 4.24. The molecule has 1 nitrogen and oxygen atoms in total. The van der Waals surface area contributed by atoms with E-state index in [1.807, 2.05) is 11.3 Å². The summed E-state index contributed by atoms with van der Waals surface area (Å²) in [6, 6.07) is 2.85. The molecule has 0 amide bonds. The van der Waals surface area contributed by atoms with Crippen molar-refractivity contribution in [2.45, 2.75) is 39.7 Å². The van der Waals surface area contributed by atoms with Crippen molar-refractivity contribution in [1.29, 1.82) is 0 Å². The minimum Gasteiger partial charge on any atom is -0.310 e. The summed E-state index contributed by atoms with van der Waals surface area (Å²) in [6.45, 7) is 7.83. The van der Waals surface area contributed by atoms with Crippen molar-refractivity contribution < 1.29 is 0 Å². The number of hydrogen-bond donors (Lipinski definition) is 1. The van der Waals surface area contributed by atoms with Gasteiger partial charge in [-0.25, -0.2) is 0 Å². The molecule has 0 saturated carbocycles. The van der Waals surface area contributed by atoms with Crippen molar-refractivity contribution in [2.75, 3.05) is 6.54 Å². The van der Waals surface area contributed by atoms with E-state index in [0.717, 1.165) is 12.5 Å². The molecule has 0 radical (unpaired) electrons. The predicted octanol–water partition coefficient (Wildman–Crippen LogP) is 4.44. The zero-order valence-electron chi connectivity index (χ0n) is 9.72. The first-order chi connectivity index (χ1) is 7.17. The molecule has 0 aliphatic rings. The van der Waals surface area contributed by atoms with E-state index >= 15 is 0 Å². The Labute approximate surface area is 111 Å². The highest BCUT2D eigenvalue weighted by molar-refractivity contribution is 14.1. The average Bonchev–Trinajstić information content (AvgIpc) is 2.64. The Morgan fingerprint density at radius 3 is 2.67 bits per heavy atom. The highest BCUT2D eigenvalue weighted by atomic mass is 127. The smallest absolute Gasteiger partial charge is 0.0656 e. The Bertz CT molecular complexity index is 285. The summed E-state index contributed by atoms with van der Waals surface area (Å²) in [7, 11) is 0. The van der Waals surface area contributed by atoms with Crippen molar-refractivity contribution in [1.82, 2.24) is 5.32 Å². The first-order valence-electron chi connectivity index (χ1n) is 5.64. The van der Waals surface area contributed by atoms with Crippen LogP contribution in [-0.2, 0) is 0 Å². The monoisotopic (exact) mass is 337 g/mol. The molecule has 2 unspecified atom stereocenters. The first kappa shape index (κ1) is 13.5. The van der Waals surface area contributed by atoms with Crippen LogP contribution in [0, 0.1) is 8.80 Å². The lowest BCUT2D eigenvalue weighted by Gasteiger charge is -2.20. The van der Waals surface area contributed by atoms with Gasteiger partial charge in [0.05, 0.1) is 2.88 Å². The Hall–Kier alpha value is 0.390.